The Kier molecular flexibility index (Phi) is 7.32. The monoisotopic (exact) mass is 513 g/mol. The zero-order valence-electron chi connectivity index (χ0n) is 21.9. The van der Waals surface area contributed by atoms with Crippen molar-refractivity contribution in [2.45, 2.75) is 44.6 Å². The number of rotatable bonds is 8. The van der Waals surface area contributed by atoms with E-state index in [4.69, 9.17) is 4.98 Å². The van der Waals surface area contributed by atoms with E-state index in [0.717, 1.165) is 78.5 Å². The number of nitrogens with one attached hydrogen (secondary N) is 1. The predicted octanol–water partition coefficient (Wildman–Crippen LogP) is 5.53. The Bertz CT molecular complexity index is 1300. The number of anilines is 1. The van der Waals surface area contributed by atoms with Crippen LogP contribution in [0.2, 0.25) is 0 Å². The van der Waals surface area contributed by atoms with Gasteiger partial charge in [-0.25, -0.2) is 4.98 Å². The number of hydrogen-bond donors (Lipinski definition) is 1. The van der Waals surface area contributed by atoms with Crippen LogP contribution in [0.1, 0.15) is 44.6 Å². The van der Waals surface area contributed by atoms with Gasteiger partial charge in [-0.05, 0) is 55.0 Å². The standard InChI is InChI=1S/C30H35N5OS/c1-21(2)16-26(28(36)33-30(20-31)10-11-30)24-8-4-6-22(17-24)23-7-5-9-25(18-23)27-19-37-29(32-27)35-14-12-34(3)13-15-35/h4-9,17-19,21,26H,10-16H2,1-3H3,(H,33,36)/t26-/m1/s1. The number of benzene rings is 2. The number of carbonyl (C=O) groups is 1. The topological polar surface area (TPSA) is 72.3 Å². The summed E-state index contributed by atoms with van der Waals surface area (Å²) in [5, 5.41) is 15.7. The Balaban J connectivity index is 1.38. The summed E-state index contributed by atoms with van der Waals surface area (Å²) in [4.78, 5) is 22.9. The molecule has 2 fully saturated rings. The molecule has 0 spiro atoms. The average Bonchev–Trinajstić information content (AvgIpc) is 3.50. The molecule has 1 saturated carbocycles. The smallest absolute Gasteiger partial charge is 0.228 e. The molecule has 5 rings (SSSR count). The summed E-state index contributed by atoms with van der Waals surface area (Å²) >= 11 is 1.71. The van der Waals surface area contributed by atoms with Crippen molar-refractivity contribution >= 4 is 22.4 Å². The third kappa shape index (κ3) is 5.87. The van der Waals surface area contributed by atoms with Crippen molar-refractivity contribution in [3.8, 4) is 28.5 Å². The van der Waals surface area contributed by atoms with E-state index in [1.807, 2.05) is 12.1 Å². The Hall–Kier alpha value is -3.21. The van der Waals surface area contributed by atoms with E-state index >= 15 is 0 Å². The van der Waals surface area contributed by atoms with Crippen LogP contribution in [0.4, 0.5) is 5.13 Å². The third-order valence-corrected chi connectivity index (χ3v) is 8.30. The zero-order valence-corrected chi connectivity index (χ0v) is 22.7. The van der Waals surface area contributed by atoms with Gasteiger partial charge in [-0.1, -0.05) is 56.3 Å². The first-order chi connectivity index (χ1) is 17.9. The molecule has 2 heterocycles. The lowest BCUT2D eigenvalue weighted by molar-refractivity contribution is -0.123. The van der Waals surface area contributed by atoms with Gasteiger partial charge in [0, 0.05) is 37.1 Å². The summed E-state index contributed by atoms with van der Waals surface area (Å²) in [5.74, 6) is 0.0374. The van der Waals surface area contributed by atoms with Crippen LogP contribution in [0.5, 0.6) is 0 Å². The molecule has 3 aromatic rings. The van der Waals surface area contributed by atoms with E-state index in [9.17, 15) is 10.1 Å². The van der Waals surface area contributed by atoms with Crippen LogP contribution >= 0.6 is 11.3 Å². The van der Waals surface area contributed by atoms with E-state index < -0.39 is 5.54 Å². The van der Waals surface area contributed by atoms with E-state index in [1.165, 1.54) is 0 Å². The normalized spacial score (nSPS) is 17.9. The molecule has 1 amide bonds. The number of nitrogens with zero attached hydrogens (tertiary/aromatic N) is 4. The van der Waals surface area contributed by atoms with Crippen molar-refractivity contribution < 1.29 is 4.79 Å². The molecule has 6 nitrogen and oxygen atoms in total. The molecule has 1 aliphatic heterocycles. The van der Waals surface area contributed by atoms with Crippen LogP contribution in [0, 0.1) is 17.2 Å². The van der Waals surface area contributed by atoms with Gasteiger partial charge in [-0.3, -0.25) is 4.79 Å². The molecule has 1 atom stereocenters. The zero-order chi connectivity index (χ0) is 26.0. The second-order valence-corrected chi connectivity index (χ2v) is 11.7. The fourth-order valence-electron chi connectivity index (χ4n) is 4.91. The van der Waals surface area contributed by atoms with Gasteiger partial charge in [0.05, 0.1) is 17.7 Å². The number of nitriles is 1. The third-order valence-electron chi connectivity index (χ3n) is 7.40. The SMILES string of the molecule is CC(C)C[C@@H](C(=O)NC1(C#N)CC1)c1cccc(-c2cccc(-c3csc(N4CCN(C)CC4)n3)c2)c1. The van der Waals surface area contributed by atoms with Crippen molar-refractivity contribution in [1.82, 2.24) is 15.2 Å². The Labute approximate surface area is 223 Å². The van der Waals surface area contributed by atoms with Gasteiger partial charge in [-0.2, -0.15) is 5.26 Å². The van der Waals surface area contributed by atoms with E-state index in [0.29, 0.717) is 5.92 Å². The van der Waals surface area contributed by atoms with Crippen LogP contribution in [0.15, 0.2) is 53.9 Å². The van der Waals surface area contributed by atoms with E-state index in [2.05, 4.69) is 83.9 Å². The molecular formula is C30H35N5OS. The number of hydrogen-bond acceptors (Lipinski definition) is 6. The van der Waals surface area contributed by atoms with Crippen LogP contribution in [-0.2, 0) is 4.79 Å². The van der Waals surface area contributed by atoms with Crippen LogP contribution < -0.4 is 10.2 Å². The molecule has 0 bridgehead atoms. The predicted molar refractivity (Wildman–Crippen MR) is 151 cm³/mol. The molecular weight excluding hydrogens is 478 g/mol. The summed E-state index contributed by atoms with van der Waals surface area (Å²) in [6.07, 6.45) is 2.22. The minimum absolute atomic E-state index is 0.0439. The minimum Gasteiger partial charge on any atom is -0.346 e. The molecule has 1 aromatic heterocycles. The molecule has 0 unspecified atom stereocenters. The van der Waals surface area contributed by atoms with Gasteiger partial charge in [0.15, 0.2) is 5.13 Å². The first kappa shape index (κ1) is 25.4. The largest absolute Gasteiger partial charge is 0.346 e. The van der Waals surface area contributed by atoms with Gasteiger partial charge in [0.2, 0.25) is 5.91 Å². The lowest BCUT2D eigenvalue weighted by Gasteiger charge is -2.32. The number of carbonyl (C=O) groups excluding carboxylic acids is 1. The van der Waals surface area contributed by atoms with Crippen LogP contribution in [-0.4, -0.2) is 54.6 Å². The Morgan fingerprint density at radius 2 is 1.76 bits per heavy atom. The average molecular weight is 514 g/mol. The second-order valence-electron chi connectivity index (χ2n) is 10.9. The fraction of sp³-hybridized carbons (Fsp3) is 0.433. The summed E-state index contributed by atoms with van der Waals surface area (Å²) in [6.45, 7) is 8.42. The molecule has 192 valence electrons. The van der Waals surface area contributed by atoms with Gasteiger partial charge < -0.3 is 15.1 Å². The van der Waals surface area contributed by atoms with Crippen molar-refractivity contribution in [2.24, 2.45) is 5.92 Å². The molecule has 1 N–H and O–H groups in total. The van der Waals surface area contributed by atoms with Gasteiger partial charge >= 0.3 is 0 Å². The Morgan fingerprint density at radius 3 is 2.43 bits per heavy atom. The lowest BCUT2D eigenvalue weighted by atomic mass is 9.87. The number of aromatic nitrogens is 1. The van der Waals surface area contributed by atoms with Gasteiger partial charge in [0.25, 0.3) is 0 Å². The van der Waals surface area contributed by atoms with Crippen molar-refractivity contribution in [1.29, 1.82) is 5.26 Å². The number of amides is 1. The Morgan fingerprint density at radius 1 is 1.08 bits per heavy atom. The molecule has 37 heavy (non-hydrogen) atoms. The molecule has 7 heteroatoms. The van der Waals surface area contributed by atoms with Crippen LogP contribution in [0.3, 0.4) is 0 Å². The minimum atomic E-state index is -0.658. The molecule has 1 aliphatic carbocycles. The first-order valence-corrected chi connectivity index (χ1v) is 14.1. The maximum atomic E-state index is 13.3. The molecule has 0 radical (unpaired) electrons. The van der Waals surface area contributed by atoms with Crippen molar-refractivity contribution in [3.05, 3.63) is 59.5 Å². The quantitative estimate of drug-likeness (QED) is 0.429. The molecule has 2 aliphatic rings. The van der Waals surface area contributed by atoms with Crippen molar-refractivity contribution in [2.75, 3.05) is 38.1 Å². The maximum absolute atomic E-state index is 13.3. The summed E-state index contributed by atoms with van der Waals surface area (Å²) in [6, 6.07) is 19.1. The highest BCUT2D eigenvalue weighted by Gasteiger charge is 2.45. The fourth-order valence-corrected chi connectivity index (χ4v) is 5.80. The molecule has 2 aromatic carbocycles. The highest BCUT2D eigenvalue weighted by Crippen LogP contribution is 2.37. The van der Waals surface area contributed by atoms with E-state index in [1.54, 1.807) is 11.3 Å². The van der Waals surface area contributed by atoms with Crippen LogP contribution in [0.25, 0.3) is 22.4 Å². The van der Waals surface area contributed by atoms with E-state index in [-0.39, 0.29) is 11.8 Å². The highest BCUT2D eigenvalue weighted by molar-refractivity contribution is 7.14. The van der Waals surface area contributed by atoms with Gasteiger partial charge in [-0.15, -0.1) is 11.3 Å². The summed E-state index contributed by atoms with van der Waals surface area (Å²) < 4.78 is 0. The van der Waals surface area contributed by atoms with Gasteiger partial charge in [0.1, 0.15) is 5.54 Å². The summed E-state index contributed by atoms with van der Waals surface area (Å²) in [5.41, 5.74) is 4.62. The second kappa shape index (κ2) is 10.6. The lowest BCUT2D eigenvalue weighted by Crippen LogP contribution is -2.44. The number of thiazole rings is 1. The first-order valence-electron chi connectivity index (χ1n) is 13.2. The maximum Gasteiger partial charge on any atom is 0.228 e. The molecule has 1 saturated heterocycles. The summed E-state index contributed by atoms with van der Waals surface area (Å²) in [7, 11) is 2.17. The number of likely N-dealkylation sites (N-methyl/N-ethyl adjacent to an activating group) is 1. The highest BCUT2D eigenvalue weighted by atomic mass is 32.1. The number of piperazine rings is 1. The van der Waals surface area contributed by atoms with Crippen molar-refractivity contribution in [3.63, 3.8) is 0 Å².